The Morgan fingerprint density at radius 3 is 2.43 bits per heavy atom. The number of benzene rings is 1. The largest absolute Gasteiger partial charge is 0.490 e. The van der Waals surface area contributed by atoms with Crippen LogP contribution in [0.5, 0.6) is 11.5 Å². The van der Waals surface area contributed by atoms with Gasteiger partial charge in [0, 0.05) is 7.05 Å². The molecule has 0 aliphatic heterocycles. The quantitative estimate of drug-likeness (QED) is 0.880. The van der Waals surface area contributed by atoms with Crippen molar-refractivity contribution in [1.29, 1.82) is 0 Å². The molecule has 1 atom stereocenters. The van der Waals surface area contributed by atoms with Gasteiger partial charge in [0.25, 0.3) is 0 Å². The van der Waals surface area contributed by atoms with Crippen molar-refractivity contribution in [2.45, 2.75) is 26.8 Å². The van der Waals surface area contributed by atoms with Crippen LogP contribution < -0.4 is 15.2 Å². The van der Waals surface area contributed by atoms with Crippen LogP contribution in [0.25, 0.3) is 0 Å². The van der Waals surface area contributed by atoms with Crippen molar-refractivity contribution in [1.82, 2.24) is 14.8 Å². The molecular weight excluding hydrogens is 268 g/mol. The summed E-state index contributed by atoms with van der Waals surface area (Å²) in [5.74, 6) is 2.85. The Morgan fingerprint density at radius 1 is 1.19 bits per heavy atom. The van der Waals surface area contributed by atoms with Gasteiger partial charge in [0.05, 0.1) is 19.3 Å². The van der Waals surface area contributed by atoms with Crippen molar-refractivity contribution < 1.29 is 9.47 Å². The third-order valence-electron chi connectivity index (χ3n) is 3.20. The van der Waals surface area contributed by atoms with Gasteiger partial charge in [0.1, 0.15) is 5.82 Å². The fraction of sp³-hybridized carbons (Fsp3) is 0.467. The van der Waals surface area contributed by atoms with Crippen LogP contribution in [0.1, 0.15) is 37.1 Å². The zero-order valence-corrected chi connectivity index (χ0v) is 13.0. The van der Waals surface area contributed by atoms with Crippen molar-refractivity contribution in [2.24, 2.45) is 12.8 Å². The molecule has 0 spiro atoms. The van der Waals surface area contributed by atoms with Gasteiger partial charge in [-0.05, 0) is 38.5 Å². The fourth-order valence-corrected chi connectivity index (χ4v) is 2.03. The molecule has 1 aromatic carbocycles. The molecule has 0 aliphatic carbocycles. The number of aryl methyl sites for hydroxylation is 2. The number of nitrogens with two attached hydrogens (primary N) is 1. The number of ether oxygens (including phenoxy) is 2. The van der Waals surface area contributed by atoms with Crippen molar-refractivity contribution >= 4 is 0 Å². The summed E-state index contributed by atoms with van der Waals surface area (Å²) >= 11 is 0. The minimum absolute atomic E-state index is 0.389. The fourth-order valence-electron chi connectivity index (χ4n) is 2.03. The second kappa shape index (κ2) is 6.58. The summed E-state index contributed by atoms with van der Waals surface area (Å²) in [5, 5.41) is 4.33. The molecule has 6 heteroatoms. The van der Waals surface area contributed by atoms with E-state index in [0.29, 0.717) is 24.8 Å². The summed E-state index contributed by atoms with van der Waals surface area (Å²) in [4.78, 5) is 4.38. The highest BCUT2D eigenvalue weighted by Crippen LogP contribution is 2.31. The first-order valence-electron chi connectivity index (χ1n) is 7.09. The van der Waals surface area contributed by atoms with E-state index in [4.69, 9.17) is 15.2 Å². The molecule has 0 saturated heterocycles. The molecule has 6 nitrogen and oxygen atoms in total. The molecular formula is C15H22N4O2. The molecule has 0 unspecified atom stereocenters. The lowest BCUT2D eigenvalue weighted by atomic mass is 10.1. The van der Waals surface area contributed by atoms with Crippen molar-refractivity contribution in [3.8, 4) is 11.5 Å². The first kappa shape index (κ1) is 15.3. The van der Waals surface area contributed by atoms with Gasteiger partial charge in [-0.2, -0.15) is 5.10 Å². The van der Waals surface area contributed by atoms with E-state index in [9.17, 15) is 0 Å². The van der Waals surface area contributed by atoms with Crippen LogP contribution in [0.4, 0.5) is 0 Å². The molecule has 114 valence electrons. The Bertz CT molecular complexity index is 590. The highest BCUT2D eigenvalue weighted by atomic mass is 16.5. The maximum Gasteiger partial charge on any atom is 0.172 e. The van der Waals surface area contributed by atoms with Crippen molar-refractivity contribution in [2.75, 3.05) is 13.2 Å². The number of nitrogens with zero attached hydrogens (tertiary/aromatic N) is 3. The van der Waals surface area contributed by atoms with Crippen LogP contribution in [0.3, 0.4) is 0 Å². The van der Waals surface area contributed by atoms with E-state index >= 15 is 0 Å². The lowest BCUT2D eigenvalue weighted by Crippen LogP contribution is -2.14. The summed E-state index contributed by atoms with van der Waals surface area (Å²) in [6.45, 7) is 6.93. The van der Waals surface area contributed by atoms with Crippen LogP contribution in [-0.2, 0) is 7.05 Å². The van der Waals surface area contributed by atoms with E-state index in [1.807, 2.05) is 46.0 Å². The average molecular weight is 290 g/mol. The van der Waals surface area contributed by atoms with Gasteiger partial charge in [-0.1, -0.05) is 6.07 Å². The monoisotopic (exact) mass is 290 g/mol. The molecule has 2 rings (SSSR count). The minimum Gasteiger partial charge on any atom is -0.490 e. The maximum atomic E-state index is 6.25. The van der Waals surface area contributed by atoms with Gasteiger partial charge in [-0.25, -0.2) is 4.98 Å². The lowest BCUT2D eigenvalue weighted by Gasteiger charge is -2.14. The van der Waals surface area contributed by atoms with E-state index in [2.05, 4.69) is 10.1 Å². The van der Waals surface area contributed by atoms with Gasteiger partial charge in [-0.3, -0.25) is 4.68 Å². The van der Waals surface area contributed by atoms with Gasteiger partial charge < -0.3 is 15.2 Å². The van der Waals surface area contributed by atoms with Crippen molar-refractivity contribution in [3.05, 3.63) is 35.4 Å². The van der Waals surface area contributed by atoms with Gasteiger partial charge in [0.2, 0.25) is 0 Å². The van der Waals surface area contributed by atoms with E-state index in [-0.39, 0.29) is 6.04 Å². The molecule has 0 radical (unpaired) electrons. The maximum absolute atomic E-state index is 6.25. The summed E-state index contributed by atoms with van der Waals surface area (Å²) in [6, 6.07) is 5.30. The van der Waals surface area contributed by atoms with Crippen LogP contribution in [0.2, 0.25) is 0 Å². The van der Waals surface area contributed by atoms with Gasteiger partial charge in [-0.15, -0.1) is 0 Å². The Balaban J connectivity index is 2.32. The third kappa shape index (κ3) is 3.33. The van der Waals surface area contributed by atoms with Crippen LogP contribution >= 0.6 is 0 Å². The zero-order chi connectivity index (χ0) is 15.4. The summed E-state index contributed by atoms with van der Waals surface area (Å²) in [5.41, 5.74) is 7.15. The zero-order valence-electron chi connectivity index (χ0n) is 13.0. The molecule has 1 aromatic heterocycles. The Morgan fingerprint density at radius 2 is 1.86 bits per heavy atom. The molecule has 0 fully saturated rings. The smallest absolute Gasteiger partial charge is 0.172 e. The van der Waals surface area contributed by atoms with Crippen LogP contribution in [0, 0.1) is 6.92 Å². The Kier molecular flexibility index (Phi) is 4.80. The molecule has 2 N–H and O–H groups in total. The van der Waals surface area contributed by atoms with E-state index in [1.54, 1.807) is 4.68 Å². The van der Waals surface area contributed by atoms with Gasteiger partial charge >= 0.3 is 0 Å². The molecule has 0 amide bonds. The Labute approximate surface area is 124 Å². The first-order chi connectivity index (χ1) is 10.1. The standard InChI is InChI=1S/C15H22N4O2/c1-5-20-12-8-7-11(9-13(12)21-6-2)14(16)15-17-10(3)19(4)18-15/h7-9,14H,5-6,16H2,1-4H3/t14-/m1/s1. The summed E-state index contributed by atoms with van der Waals surface area (Å²) < 4.78 is 12.9. The lowest BCUT2D eigenvalue weighted by molar-refractivity contribution is 0.287. The second-order valence-electron chi connectivity index (χ2n) is 4.69. The number of rotatable bonds is 6. The highest BCUT2D eigenvalue weighted by molar-refractivity contribution is 5.44. The molecule has 21 heavy (non-hydrogen) atoms. The second-order valence-corrected chi connectivity index (χ2v) is 4.69. The molecule has 0 saturated carbocycles. The predicted octanol–water partition coefficient (Wildman–Crippen LogP) is 1.97. The highest BCUT2D eigenvalue weighted by Gasteiger charge is 2.17. The summed E-state index contributed by atoms with van der Waals surface area (Å²) in [6.07, 6.45) is 0. The molecule has 1 heterocycles. The van der Waals surface area contributed by atoms with E-state index < -0.39 is 0 Å². The number of hydrogen-bond acceptors (Lipinski definition) is 5. The SMILES string of the molecule is CCOc1ccc([C@@H](N)c2nc(C)n(C)n2)cc1OCC. The minimum atomic E-state index is -0.389. The molecule has 2 aromatic rings. The Hall–Kier alpha value is -2.08. The van der Waals surface area contributed by atoms with E-state index in [1.165, 1.54) is 0 Å². The van der Waals surface area contributed by atoms with E-state index in [0.717, 1.165) is 17.1 Å². The number of aromatic nitrogens is 3. The normalized spacial score (nSPS) is 12.2. The third-order valence-corrected chi connectivity index (χ3v) is 3.20. The van der Waals surface area contributed by atoms with Crippen LogP contribution in [0.15, 0.2) is 18.2 Å². The summed E-state index contributed by atoms with van der Waals surface area (Å²) in [7, 11) is 1.85. The molecule has 0 bridgehead atoms. The van der Waals surface area contributed by atoms with Gasteiger partial charge in [0.15, 0.2) is 17.3 Å². The molecule has 0 aliphatic rings. The first-order valence-corrected chi connectivity index (χ1v) is 7.09. The topological polar surface area (TPSA) is 75.2 Å². The van der Waals surface area contributed by atoms with Crippen molar-refractivity contribution in [3.63, 3.8) is 0 Å². The van der Waals surface area contributed by atoms with Crippen LogP contribution in [-0.4, -0.2) is 28.0 Å². The predicted molar refractivity (Wildman–Crippen MR) is 80.6 cm³/mol. The average Bonchev–Trinajstić information content (AvgIpc) is 2.80. The number of hydrogen-bond donors (Lipinski definition) is 1.